The van der Waals surface area contributed by atoms with Crippen LogP contribution in [0.4, 0.5) is 0 Å². The molecule has 188 valence electrons. The smallest absolute Gasteiger partial charge is 0.274 e. The van der Waals surface area contributed by atoms with E-state index in [-0.39, 0.29) is 23.8 Å². The van der Waals surface area contributed by atoms with Gasteiger partial charge < -0.3 is 24.3 Å². The molecule has 1 atom stereocenters. The number of nitrogens with zero attached hydrogens (tertiary/aromatic N) is 3. The Morgan fingerprint density at radius 1 is 1.08 bits per heavy atom. The molecule has 36 heavy (non-hydrogen) atoms. The minimum atomic E-state index is -0.100. The number of hydrogen-bond donors (Lipinski definition) is 1. The molecular formula is C28H32N4O4. The van der Waals surface area contributed by atoms with E-state index in [2.05, 4.69) is 22.4 Å². The van der Waals surface area contributed by atoms with E-state index in [0.29, 0.717) is 51.3 Å². The van der Waals surface area contributed by atoms with Gasteiger partial charge >= 0.3 is 0 Å². The Bertz CT molecular complexity index is 1180. The first-order valence-electron chi connectivity index (χ1n) is 12.5. The molecule has 0 spiro atoms. The number of methoxy groups -OCH3 is 1. The largest absolute Gasteiger partial charge is 0.497 e. The van der Waals surface area contributed by atoms with E-state index >= 15 is 0 Å². The summed E-state index contributed by atoms with van der Waals surface area (Å²) in [4.78, 5) is 32.1. The molecule has 2 aliphatic rings. The molecule has 1 N–H and O–H groups in total. The van der Waals surface area contributed by atoms with Crippen LogP contribution in [0.2, 0.25) is 0 Å². The number of aromatic nitrogens is 2. The Balaban J connectivity index is 1.12. The standard InChI is InChI=1S/C28H32N4O4/c1-35-23-9-7-21(8-10-23)25-17-32-19-30-26(24(32)18-36-25)28(34)31-15-12-22(13-16-31)27(33)29-14-11-20-5-3-2-4-6-20/h2-10,19,22,25H,11-18H2,1H3,(H,29,33)/t25-/m1/s1. The fourth-order valence-corrected chi connectivity index (χ4v) is 4.94. The van der Waals surface area contributed by atoms with Gasteiger partial charge in [0.1, 0.15) is 11.9 Å². The summed E-state index contributed by atoms with van der Waals surface area (Å²) in [6.45, 7) is 2.67. The van der Waals surface area contributed by atoms with Gasteiger partial charge in [0.25, 0.3) is 5.91 Å². The molecule has 1 aromatic heterocycles. The van der Waals surface area contributed by atoms with Gasteiger partial charge in [-0.2, -0.15) is 0 Å². The van der Waals surface area contributed by atoms with Crippen LogP contribution >= 0.6 is 0 Å². The number of likely N-dealkylation sites (tertiary alicyclic amines) is 1. The second-order valence-electron chi connectivity index (χ2n) is 9.36. The number of hydrogen-bond acceptors (Lipinski definition) is 5. The maximum absolute atomic E-state index is 13.2. The summed E-state index contributed by atoms with van der Waals surface area (Å²) in [7, 11) is 1.65. The van der Waals surface area contributed by atoms with Crippen molar-refractivity contribution in [2.75, 3.05) is 26.7 Å². The summed E-state index contributed by atoms with van der Waals surface area (Å²) >= 11 is 0. The van der Waals surface area contributed by atoms with Crippen LogP contribution in [0.15, 0.2) is 60.9 Å². The van der Waals surface area contributed by atoms with Crippen LogP contribution in [-0.4, -0.2) is 53.0 Å². The van der Waals surface area contributed by atoms with Gasteiger partial charge in [-0.15, -0.1) is 0 Å². The first-order valence-corrected chi connectivity index (χ1v) is 12.5. The molecule has 5 rings (SSSR count). The average Bonchev–Trinajstić information content (AvgIpc) is 3.36. The lowest BCUT2D eigenvalue weighted by atomic mass is 9.95. The van der Waals surface area contributed by atoms with Crippen molar-refractivity contribution in [2.45, 2.75) is 38.5 Å². The van der Waals surface area contributed by atoms with Gasteiger partial charge in [-0.25, -0.2) is 4.98 Å². The van der Waals surface area contributed by atoms with E-state index in [1.54, 1.807) is 13.4 Å². The molecule has 3 heterocycles. The van der Waals surface area contributed by atoms with Gasteiger partial charge in [0.15, 0.2) is 5.69 Å². The van der Waals surface area contributed by atoms with Crippen LogP contribution in [0.1, 0.15) is 46.3 Å². The second-order valence-corrected chi connectivity index (χ2v) is 9.36. The summed E-state index contributed by atoms with van der Waals surface area (Å²) in [5.74, 6) is 0.738. The predicted octanol–water partition coefficient (Wildman–Crippen LogP) is 3.37. The van der Waals surface area contributed by atoms with E-state index in [0.717, 1.165) is 23.4 Å². The molecule has 2 aliphatic heterocycles. The summed E-state index contributed by atoms with van der Waals surface area (Å²) in [6, 6.07) is 18.0. The van der Waals surface area contributed by atoms with E-state index in [1.165, 1.54) is 5.56 Å². The molecule has 8 nitrogen and oxygen atoms in total. The first kappa shape index (κ1) is 24.1. The molecule has 0 unspecified atom stereocenters. The zero-order valence-electron chi connectivity index (χ0n) is 20.6. The summed E-state index contributed by atoms with van der Waals surface area (Å²) < 4.78 is 13.3. The number of carbonyl (C=O) groups is 2. The van der Waals surface area contributed by atoms with Gasteiger partial charge in [0.05, 0.1) is 32.3 Å². The van der Waals surface area contributed by atoms with Crippen molar-refractivity contribution in [3.05, 3.63) is 83.4 Å². The third-order valence-corrected chi connectivity index (χ3v) is 7.13. The van der Waals surface area contributed by atoms with Crippen LogP contribution in [0.3, 0.4) is 0 Å². The highest BCUT2D eigenvalue weighted by molar-refractivity contribution is 5.93. The molecule has 3 aromatic rings. The summed E-state index contributed by atoms with van der Waals surface area (Å²) in [5.41, 5.74) is 3.53. The third kappa shape index (κ3) is 5.28. The molecule has 2 aromatic carbocycles. The Hall–Kier alpha value is -3.65. The van der Waals surface area contributed by atoms with Crippen molar-refractivity contribution < 1.29 is 19.1 Å². The maximum atomic E-state index is 13.2. The highest BCUT2D eigenvalue weighted by Crippen LogP contribution is 2.30. The topological polar surface area (TPSA) is 85.7 Å². The van der Waals surface area contributed by atoms with Crippen LogP contribution < -0.4 is 10.1 Å². The Morgan fingerprint density at radius 3 is 2.56 bits per heavy atom. The van der Waals surface area contributed by atoms with Crippen LogP contribution in [-0.2, 0) is 29.1 Å². The number of amides is 2. The number of piperidine rings is 1. The van der Waals surface area contributed by atoms with Crippen LogP contribution in [0.25, 0.3) is 0 Å². The van der Waals surface area contributed by atoms with Gasteiger partial charge in [-0.3, -0.25) is 9.59 Å². The minimum absolute atomic E-state index is 0.0608. The number of fused-ring (bicyclic) bond motifs is 1. The molecule has 0 bridgehead atoms. The lowest BCUT2D eigenvalue weighted by Gasteiger charge is -2.31. The Kier molecular flexibility index (Phi) is 7.32. The Morgan fingerprint density at radius 2 is 1.83 bits per heavy atom. The van der Waals surface area contributed by atoms with Crippen molar-refractivity contribution in [3.63, 3.8) is 0 Å². The first-order chi connectivity index (χ1) is 17.6. The fourth-order valence-electron chi connectivity index (χ4n) is 4.94. The zero-order chi connectivity index (χ0) is 24.9. The minimum Gasteiger partial charge on any atom is -0.497 e. The molecule has 0 aliphatic carbocycles. The second kappa shape index (κ2) is 11.0. The fraction of sp³-hybridized carbons (Fsp3) is 0.393. The SMILES string of the molecule is COc1ccc([C@H]2Cn3cnc(C(=O)N4CCC(C(=O)NCCc5ccccc5)CC4)c3CO2)cc1. The summed E-state index contributed by atoms with van der Waals surface area (Å²) in [5, 5.41) is 3.06. The highest BCUT2D eigenvalue weighted by atomic mass is 16.5. The molecule has 1 fully saturated rings. The molecule has 0 saturated carbocycles. The maximum Gasteiger partial charge on any atom is 0.274 e. The van der Waals surface area contributed by atoms with Gasteiger partial charge in [-0.1, -0.05) is 42.5 Å². The predicted molar refractivity (Wildman–Crippen MR) is 135 cm³/mol. The molecule has 0 radical (unpaired) electrons. The normalized spacial score (nSPS) is 17.9. The monoisotopic (exact) mass is 488 g/mol. The number of benzene rings is 2. The van der Waals surface area contributed by atoms with Gasteiger partial charge in [-0.05, 0) is 42.5 Å². The van der Waals surface area contributed by atoms with E-state index in [9.17, 15) is 9.59 Å². The number of rotatable bonds is 7. The van der Waals surface area contributed by atoms with Gasteiger partial charge in [0, 0.05) is 25.6 Å². The third-order valence-electron chi connectivity index (χ3n) is 7.13. The summed E-state index contributed by atoms with van der Waals surface area (Å²) in [6.07, 6.45) is 3.77. The van der Waals surface area contributed by atoms with Crippen molar-refractivity contribution in [2.24, 2.45) is 5.92 Å². The van der Waals surface area contributed by atoms with Crippen molar-refractivity contribution in [1.29, 1.82) is 0 Å². The van der Waals surface area contributed by atoms with Crippen molar-refractivity contribution >= 4 is 11.8 Å². The average molecular weight is 489 g/mol. The van der Waals surface area contributed by atoms with Crippen molar-refractivity contribution in [3.8, 4) is 5.75 Å². The van der Waals surface area contributed by atoms with E-state index < -0.39 is 0 Å². The molecule has 1 saturated heterocycles. The Labute approximate surface area is 211 Å². The number of imidazole rings is 1. The molecule has 2 amide bonds. The molecular weight excluding hydrogens is 456 g/mol. The van der Waals surface area contributed by atoms with Crippen LogP contribution in [0.5, 0.6) is 5.75 Å². The highest BCUT2D eigenvalue weighted by Gasteiger charge is 2.32. The quantitative estimate of drug-likeness (QED) is 0.551. The van der Waals surface area contributed by atoms with E-state index in [1.807, 2.05) is 51.9 Å². The number of carbonyl (C=O) groups excluding carboxylic acids is 2. The van der Waals surface area contributed by atoms with Crippen LogP contribution in [0, 0.1) is 5.92 Å². The van der Waals surface area contributed by atoms with Gasteiger partial charge in [0.2, 0.25) is 5.91 Å². The lowest BCUT2D eigenvalue weighted by molar-refractivity contribution is -0.126. The molecule has 8 heteroatoms. The lowest BCUT2D eigenvalue weighted by Crippen LogP contribution is -2.43. The number of nitrogens with one attached hydrogen (secondary N) is 1. The number of ether oxygens (including phenoxy) is 2. The van der Waals surface area contributed by atoms with E-state index in [4.69, 9.17) is 9.47 Å². The van der Waals surface area contributed by atoms with Crippen molar-refractivity contribution in [1.82, 2.24) is 19.8 Å². The zero-order valence-corrected chi connectivity index (χ0v) is 20.6.